The summed E-state index contributed by atoms with van der Waals surface area (Å²) < 4.78 is 5.63. The van der Waals surface area contributed by atoms with E-state index in [1.54, 1.807) is 0 Å². The highest BCUT2D eigenvalue weighted by Gasteiger charge is 2.30. The molecule has 0 heterocycles. The first-order valence-corrected chi connectivity index (χ1v) is 8.18. The summed E-state index contributed by atoms with van der Waals surface area (Å²) >= 11 is 0. The van der Waals surface area contributed by atoms with Crippen molar-refractivity contribution >= 4 is 0 Å². The SMILES string of the molecule is CCOC1CC(CNC(C)C(c2ccccc2)N(C)C)C1. The molecule has 1 saturated carbocycles. The van der Waals surface area contributed by atoms with Crippen LogP contribution in [0.25, 0.3) is 0 Å². The largest absolute Gasteiger partial charge is 0.378 e. The van der Waals surface area contributed by atoms with Crippen LogP contribution in [0.2, 0.25) is 0 Å². The smallest absolute Gasteiger partial charge is 0.0581 e. The average Bonchev–Trinajstić information content (AvgIpc) is 2.42. The molecule has 2 rings (SSSR count). The van der Waals surface area contributed by atoms with Crippen molar-refractivity contribution in [2.45, 2.75) is 44.9 Å². The Kier molecular flexibility index (Phi) is 6.22. The second-order valence-corrected chi connectivity index (χ2v) is 6.43. The van der Waals surface area contributed by atoms with Crippen LogP contribution < -0.4 is 5.32 Å². The number of nitrogens with one attached hydrogen (secondary N) is 1. The topological polar surface area (TPSA) is 24.5 Å². The Morgan fingerprint density at radius 2 is 1.90 bits per heavy atom. The molecule has 1 N–H and O–H groups in total. The lowest BCUT2D eigenvalue weighted by Gasteiger charge is -2.37. The number of hydrogen-bond acceptors (Lipinski definition) is 3. The van der Waals surface area contributed by atoms with Crippen LogP contribution in [0.3, 0.4) is 0 Å². The van der Waals surface area contributed by atoms with Crippen molar-refractivity contribution in [3.8, 4) is 0 Å². The van der Waals surface area contributed by atoms with Gasteiger partial charge >= 0.3 is 0 Å². The number of benzene rings is 1. The number of nitrogens with zero attached hydrogens (tertiary/aromatic N) is 1. The van der Waals surface area contributed by atoms with E-state index < -0.39 is 0 Å². The van der Waals surface area contributed by atoms with Gasteiger partial charge in [0.1, 0.15) is 0 Å². The van der Waals surface area contributed by atoms with Gasteiger partial charge in [0.05, 0.1) is 6.10 Å². The highest BCUT2D eigenvalue weighted by molar-refractivity contribution is 5.20. The second-order valence-electron chi connectivity index (χ2n) is 6.43. The molecule has 1 aliphatic carbocycles. The molecular formula is C18H30N2O. The van der Waals surface area contributed by atoms with Gasteiger partial charge in [0.15, 0.2) is 0 Å². The van der Waals surface area contributed by atoms with Crippen molar-refractivity contribution in [3.63, 3.8) is 0 Å². The van der Waals surface area contributed by atoms with Gasteiger partial charge < -0.3 is 15.0 Å². The molecule has 118 valence electrons. The quantitative estimate of drug-likeness (QED) is 0.796. The van der Waals surface area contributed by atoms with Gasteiger partial charge in [-0.2, -0.15) is 0 Å². The molecule has 21 heavy (non-hydrogen) atoms. The van der Waals surface area contributed by atoms with Crippen molar-refractivity contribution in [2.24, 2.45) is 5.92 Å². The van der Waals surface area contributed by atoms with Gasteiger partial charge in [-0.3, -0.25) is 0 Å². The van der Waals surface area contributed by atoms with E-state index in [0.29, 0.717) is 18.2 Å². The van der Waals surface area contributed by atoms with E-state index in [0.717, 1.165) is 19.1 Å². The minimum absolute atomic E-state index is 0.411. The fraction of sp³-hybridized carbons (Fsp3) is 0.667. The van der Waals surface area contributed by atoms with Crippen LogP contribution in [0.4, 0.5) is 0 Å². The summed E-state index contributed by atoms with van der Waals surface area (Å²) in [5, 5.41) is 3.73. The lowest BCUT2D eigenvalue weighted by molar-refractivity contribution is -0.0248. The van der Waals surface area contributed by atoms with E-state index in [1.165, 1.54) is 18.4 Å². The lowest BCUT2D eigenvalue weighted by atomic mass is 9.82. The van der Waals surface area contributed by atoms with Crippen LogP contribution in [0.15, 0.2) is 30.3 Å². The molecule has 0 spiro atoms. The van der Waals surface area contributed by atoms with Crippen LogP contribution in [-0.2, 0) is 4.74 Å². The highest BCUT2D eigenvalue weighted by Crippen LogP contribution is 2.30. The third-order valence-corrected chi connectivity index (χ3v) is 4.49. The summed E-state index contributed by atoms with van der Waals surface area (Å²) in [5.41, 5.74) is 1.38. The number of hydrogen-bond donors (Lipinski definition) is 1. The Morgan fingerprint density at radius 3 is 2.48 bits per heavy atom. The first kappa shape index (κ1) is 16.5. The molecule has 3 heteroatoms. The highest BCUT2D eigenvalue weighted by atomic mass is 16.5. The normalized spacial score (nSPS) is 24.6. The molecule has 1 aliphatic rings. The van der Waals surface area contributed by atoms with Crippen LogP contribution in [0, 0.1) is 5.92 Å². The average molecular weight is 290 g/mol. The maximum Gasteiger partial charge on any atom is 0.0581 e. The van der Waals surface area contributed by atoms with E-state index >= 15 is 0 Å². The van der Waals surface area contributed by atoms with E-state index in [2.05, 4.69) is 68.5 Å². The summed E-state index contributed by atoms with van der Waals surface area (Å²) in [4.78, 5) is 2.30. The minimum Gasteiger partial charge on any atom is -0.378 e. The van der Waals surface area contributed by atoms with Crippen molar-refractivity contribution in [2.75, 3.05) is 27.2 Å². The zero-order valence-electron chi connectivity index (χ0n) is 13.9. The zero-order valence-corrected chi connectivity index (χ0v) is 13.9. The molecule has 3 nitrogen and oxygen atoms in total. The molecule has 1 aromatic rings. The molecule has 0 bridgehead atoms. The molecule has 2 atom stereocenters. The zero-order chi connectivity index (χ0) is 15.2. The maximum absolute atomic E-state index is 5.63. The molecule has 0 aliphatic heterocycles. The summed E-state index contributed by atoms with van der Waals surface area (Å²) in [5.74, 6) is 0.780. The van der Waals surface area contributed by atoms with Gasteiger partial charge in [-0.05, 0) is 58.8 Å². The molecule has 2 unspecified atom stereocenters. The minimum atomic E-state index is 0.411. The number of ether oxygens (including phenoxy) is 1. The van der Waals surface area contributed by atoms with Gasteiger partial charge in [-0.25, -0.2) is 0 Å². The monoisotopic (exact) mass is 290 g/mol. The van der Waals surface area contributed by atoms with E-state index in [-0.39, 0.29) is 0 Å². The summed E-state index contributed by atoms with van der Waals surface area (Å²) in [7, 11) is 4.31. The first-order valence-electron chi connectivity index (χ1n) is 8.18. The van der Waals surface area contributed by atoms with Crippen molar-refractivity contribution < 1.29 is 4.74 Å². The molecule has 0 amide bonds. The summed E-state index contributed by atoms with van der Waals surface area (Å²) in [6.45, 7) is 6.31. The number of rotatable bonds is 8. The second kappa shape index (κ2) is 7.92. The molecule has 0 aromatic heterocycles. The first-order chi connectivity index (χ1) is 10.1. The number of likely N-dealkylation sites (N-methyl/N-ethyl adjacent to an activating group) is 1. The van der Waals surface area contributed by atoms with E-state index in [9.17, 15) is 0 Å². The van der Waals surface area contributed by atoms with Crippen LogP contribution >= 0.6 is 0 Å². The Balaban J connectivity index is 1.82. The fourth-order valence-corrected chi connectivity index (χ4v) is 3.36. The molecule has 1 fully saturated rings. The molecule has 0 radical (unpaired) electrons. The predicted octanol–water partition coefficient (Wildman–Crippen LogP) is 3.08. The Bertz CT molecular complexity index is 401. The Morgan fingerprint density at radius 1 is 1.24 bits per heavy atom. The lowest BCUT2D eigenvalue weighted by Crippen LogP contribution is -2.44. The van der Waals surface area contributed by atoms with Gasteiger partial charge in [0, 0.05) is 18.7 Å². The summed E-state index contributed by atoms with van der Waals surface area (Å²) in [6.07, 6.45) is 2.94. The molecular weight excluding hydrogens is 260 g/mol. The van der Waals surface area contributed by atoms with Crippen LogP contribution in [0.1, 0.15) is 38.3 Å². The van der Waals surface area contributed by atoms with Gasteiger partial charge in [-0.1, -0.05) is 30.3 Å². The third-order valence-electron chi connectivity index (χ3n) is 4.49. The Hall–Kier alpha value is -0.900. The van der Waals surface area contributed by atoms with Crippen molar-refractivity contribution in [1.82, 2.24) is 10.2 Å². The van der Waals surface area contributed by atoms with Crippen LogP contribution in [0.5, 0.6) is 0 Å². The van der Waals surface area contributed by atoms with Crippen molar-refractivity contribution in [3.05, 3.63) is 35.9 Å². The molecule has 0 saturated heterocycles. The summed E-state index contributed by atoms with van der Waals surface area (Å²) in [6, 6.07) is 11.6. The maximum atomic E-state index is 5.63. The van der Waals surface area contributed by atoms with Gasteiger partial charge in [0.2, 0.25) is 0 Å². The van der Waals surface area contributed by atoms with Gasteiger partial charge in [-0.15, -0.1) is 0 Å². The standard InChI is InChI=1S/C18H30N2O/c1-5-21-17-11-15(12-17)13-19-14(2)18(20(3)4)16-9-7-6-8-10-16/h6-10,14-15,17-19H,5,11-13H2,1-4H3. The van der Waals surface area contributed by atoms with Gasteiger partial charge in [0.25, 0.3) is 0 Å². The van der Waals surface area contributed by atoms with E-state index in [4.69, 9.17) is 4.74 Å². The van der Waals surface area contributed by atoms with Crippen molar-refractivity contribution in [1.29, 1.82) is 0 Å². The predicted molar refractivity (Wildman–Crippen MR) is 88.5 cm³/mol. The third kappa shape index (κ3) is 4.53. The molecule has 1 aromatic carbocycles. The Labute approximate surface area is 129 Å². The van der Waals surface area contributed by atoms with E-state index in [1.807, 2.05) is 0 Å². The fourth-order valence-electron chi connectivity index (χ4n) is 3.36. The van der Waals surface area contributed by atoms with Crippen LogP contribution in [-0.4, -0.2) is 44.3 Å².